The number of hydrogen-bond acceptors (Lipinski definition) is 4. The number of rotatable bonds is 2. The van der Waals surface area contributed by atoms with Gasteiger partial charge in [0.25, 0.3) is 0 Å². The Morgan fingerprint density at radius 1 is 1.62 bits per heavy atom. The standard InChI is InChI=1S/C7H6FNO4/c1-13-5-3-2-4(9(11)12)7(10)6(5)8/h2-3,10H,1H3. The molecule has 0 saturated heterocycles. The Kier molecular flexibility index (Phi) is 2.32. The summed E-state index contributed by atoms with van der Waals surface area (Å²) in [4.78, 5) is 9.33. The molecule has 5 nitrogen and oxygen atoms in total. The first-order valence-electron chi connectivity index (χ1n) is 3.27. The largest absolute Gasteiger partial charge is 0.500 e. The van der Waals surface area contributed by atoms with E-state index in [0.29, 0.717) is 0 Å². The highest BCUT2D eigenvalue weighted by Crippen LogP contribution is 2.33. The van der Waals surface area contributed by atoms with Crippen LogP contribution in [0, 0.1) is 15.9 Å². The van der Waals surface area contributed by atoms with Gasteiger partial charge in [-0.15, -0.1) is 0 Å². The lowest BCUT2D eigenvalue weighted by Crippen LogP contribution is -1.93. The summed E-state index contributed by atoms with van der Waals surface area (Å²) >= 11 is 0. The molecule has 1 aromatic carbocycles. The molecule has 0 bridgehead atoms. The Morgan fingerprint density at radius 2 is 2.23 bits per heavy atom. The third-order valence-corrected chi connectivity index (χ3v) is 1.48. The molecule has 0 aliphatic carbocycles. The van der Waals surface area contributed by atoms with Crippen LogP contribution in [0.2, 0.25) is 0 Å². The maximum absolute atomic E-state index is 12.9. The Hall–Kier alpha value is -1.85. The van der Waals surface area contributed by atoms with Gasteiger partial charge in [0.1, 0.15) is 0 Å². The molecular formula is C7H6FNO4. The highest BCUT2D eigenvalue weighted by molar-refractivity contribution is 5.50. The van der Waals surface area contributed by atoms with Gasteiger partial charge in [-0.05, 0) is 6.07 Å². The fourth-order valence-electron chi connectivity index (χ4n) is 0.841. The van der Waals surface area contributed by atoms with Crippen molar-refractivity contribution in [2.75, 3.05) is 7.11 Å². The molecule has 0 aromatic heterocycles. The molecule has 13 heavy (non-hydrogen) atoms. The lowest BCUT2D eigenvalue weighted by atomic mass is 10.2. The average molecular weight is 187 g/mol. The van der Waals surface area contributed by atoms with Gasteiger partial charge in [0, 0.05) is 6.07 Å². The van der Waals surface area contributed by atoms with E-state index in [0.717, 1.165) is 12.1 Å². The van der Waals surface area contributed by atoms with Crippen molar-refractivity contribution < 1.29 is 19.2 Å². The smallest absolute Gasteiger partial charge is 0.314 e. The summed E-state index contributed by atoms with van der Waals surface area (Å²) in [5.74, 6) is -2.37. The number of nitro benzene ring substituents is 1. The minimum Gasteiger partial charge on any atom is -0.500 e. The fourth-order valence-corrected chi connectivity index (χ4v) is 0.841. The van der Waals surface area contributed by atoms with Gasteiger partial charge in [-0.25, -0.2) is 0 Å². The molecule has 0 amide bonds. The van der Waals surface area contributed by atoms with Crippen LogP contribution < -0.4 is 4.74 Å². The van der Waals surface area contributed by atoms with Gasteiger partial charge in [-0.1, -0.05) is 0 Å². The predicted molar refractivity (Wildman–Crippen MR) is 41.3 cm³/mol. The van der Waals surface area contributed by atoms with Gasteiger partial charge < -0.3 is 9.84 Å². The summed E-state index contributed by atoms with van der Waals surface area (Å²) in [5.41, 5.74) is -0.682. The third kappa shape index (κ3) is 1.51. The molecule has 0 atom stereocenters. The first kappa shape index (κ1) is 9.24. The summed E-state index contributed by atoms with van der Waals surface area (Å²) in [7, 11) is 1.20. The van der Waals surface area contributed by atoms with Crippen LogP contribution in [0.5, 0.6) is 11.5 Å². The fraction of sp³-hybridized carbons (Fsp3) is 0.143. The van der Waals surface area contributed by atoms with Crippen molar-refractivity contribution in [2.24, 2.45) is 0 Å². The summed E-state index contributed by atoms with van der Waals surface area (Å²) < 4.78 is 17.4. The van der Waals surface area contributed by atoms with E-state index in [4.69, 9.17) is 5.11 Å². The molecule has 0 radical (unpaired) electrons. The topological polar surface area (TPSA) is 72.6 Å². The van der Waals surface area contributed by atoms with Gasteiger partial charge in [-0.3, -0.25) is 10.1 Å². The van der Waals surface area contributed by atoms with Crippen molar-refractivity contribution in [1.82, 2.24) is 0 Å². The van der Waals surface area contributed by atoms with Crippen molar-refractivity contribution in [3.05, 3.63) is 28.1 Å². The number of ether oxygens (including phenoxy) is 1. The van der Waals surface area contributed by atoms with Crippen LogP contribution >= 0.6 is 0 Å². The molecule has 1 rings (SSSR count). The molecule has 1 N–H and O–H groups in total. The zero-order valence-corrected chi connectivity index (χ0v) is 6.65. The number of methoxy groups -OCH3 is 1. The quantitative estimate of drug-likeness (QED) is 0.561. The van der Waals surface area contributed by atoms with Crippen LogP contribution in [0.1, 0.15) is 0 Å². The lowest BCUT2D eigenvalue weighted by molar-refractivity contribution is -0.386. The molecule has 0 aliphatic rings. The first-order valence-corrected chi connectivity index (χ1v) is 3.27. The molecule has 6 heteroatoms. The normalized spacial score (nSPS) is 9.69. The van der Waals surface area contributed by atoms with Crippen LogP contribution in [0.15, 0.2) is 12.1 Å². The van der Waals surface area contributed by atoms with Crippen LogP contribution in [0.25, 0.3) is 0 Å². The number of nitrogens with zero attached hydrogens (tertiary/aromatic N) is 1. The van der Waals surface area contributed by atoms with Gasteiger partial charge in [-0.2, -0.15) is 4.39 Å². The number of hydrogen-bond donors (Lipinski definition) is 1. The van der Waals surface area contributed by atoms with Crippen LogP contribution in [-0.2, 0) is 0 Å². The van der Waals surface area contributed by atoms with E-state index >= 15 is 0 Å². The second-order valence-electron chi connectivity index (χ2n) is 2.21. The second kappa shape index (κ2) is 3.26. The van der Waals surface area contributed by atoms with Gasteiger partial charge in [0.2, 0.25) is 11.6 Å². The van der Waals surface area contributed by atoms with Crippen LogP contribution in [-0.4, -0.2) is 17.1 Å². The summed E-state index contributed by atoms with van der Waals surface area (Å²) in [6, 6.07) is 2.05. The molecule has 0 fully saturated rings. The van der Waals surface area contributed by atoms with Gasteiger partial charge in [0.15, 0.2) is 5.75 Å². The number of phenolic OH excluding ortho intramolecular Hbond substituents is 1. The number of phenols is 1. The maximum Gasteiger partial charge on any atom is 0.314 e. The molecule has 70 valence electrons. The Labute approximate surface area is 72.5 Å². The van der Waals surface area contributed by atoms with Crippen molar-refractivity contribution in [2.45, 2.75) is 0 Å². The molecule has 0 saturated carbocycles. The minimum absolute atomic E-state index is 0.233. The molecule has 0 unspecified atom stereocenters. The molecule has 0 spiro atoms. The van der Waals surface area contributed by atoms with E-state index in [2.05, 4.69) is 4.74 Å². The molecule has 0 aliphatic heterocycles. The maximum atomic E-state index is 12.9. The minimum atomic E-state index is -1.13. The highest BCUT2D eigenvalue weighted by atomic mass is 19.1. The van der Waals surface area contributed by atoms with E-state index < -0.39 is 22.2 Å². The summed E-state index contributed by atoms with van der Waals surface area (Å²) in [6.45, 7) is 0. The van der Waals surface area contributed by atoms with E-state index in [-0.39, 0.29) is 5.75 Å². The molecule has 1 aromatic rings. The first-order chi connectivity index (χ1) is 6.07. The van der Waals surface area contributed by atoms with Crippen molar-refractivity contribution in [1.29, 1.82) is 0 Å². The van der Waals surface area contributed by atoms with Crippen molar-refractivity contribution in [3.8, 4) is 11.5 Å². The molecular weight excluding hydrogens is 181 g/mol. The van der Waals surface area contributed by atoms with E-state index in [1.54, 1.807) is 0 Å². The zero-order chi connectivity index (χ0) is 10.0. The molecule has 0 heterocycles. The lowest BCUT2D eigenvalue weighted by Gasteiger charge is -2.02. The van der Waals surface area contributed by atoms with Gasteiger partial charge in [0.05, 0.1) is 12.0 Å². The van der Waals surface area contributed by atoms with E-state index in [9.17, 15) is 14.5 Å². The Bertz CT molecular complexity index is 353. The SMILES string of the molecule is COc1ccc([N+](=O)[O-])c(O)c1F. The third-order valence-electron chi connectivity index (χ3n) is 1.48. The van der Waals surface area contributed by atoms with Crippen LogP contribution in [0.3, 0.4) is 0 Å². The number of nitro groups is 1. The van der Waals surface area contributed by atoms with Gasteiger partial charge >= 0.3 is 5.69 Å². The monoisotopic (exact) mass is 187 g/mol. The van der Waals surface area contributed by atoms with E-state index in [1.165, 1.54) is 7.11 Å². The second-order valence-corrected chi connectivity index (χ2v) is 2.21. The Morgan fingerprint density at radius 3 is 2.69 bits per heavy atom. The van der Waals surface area contributed by atoms with E-state index in [1.807, 2.05) is 0 Å². The van der Waals surface area contributed by atoms with Crippen molar-refractivity contribution >= 4 is 5.69 Å². The number of halogens is 1. The summed E-state index contributed by atoms with van der Waals surface area (Å²) in [5, 5.41) is 19.2. The number of benzene rings is 1. The number of aromatic hydroxyl groups is 1. The highest BCUT2D eigenvalue weighted by Gasteiger charge is 2.20. The zero-order valence-electron chi connectivity index (χ0n) is 6.65. The Balaban J connectivity index is 3.31. The average Bonchev–Trinajstić information content (AvgIpc) is 2.09. The predicted octanol–water partition coefficient (Wildman–Crippen LogP) is 1.45. The van der Waals surface area contributed by atoms with Crippen LogP contribution in [0.4, 0.5) is 10.1 Å². The van der Waals surface area contributed by atoms with Crippen molar-refractivity contribution in [3.63, 3.8) is 0 Å². The summed E-state index contributed by atoms with van der Waals surface area (Å²) in [6.07, 6.45) is 0.